The van der Waals surface area contributed by atoms with Gasteiger partial charge in [0.1, 0.15) is 5.92 Å². The van der Waals surface area contributed by atoms with E-state index in [1.54, 1.807) is 45.0 Å². The first-order valence-electron chi connectivity index (χ1n) is 9.53. The lowest BCUT2D eigenvalue weighted by atomic mass is 9.86. The van der Waals surface area contributed by atoms with E-state index in [1.807, 2.05) is 0 Å². The summed E-state index contributed by atoms with van der Waals surface area (Å²) in [6.45, 7) is 5.16. The normalized spacial score (nSPS) is 12.8. The molecular weight excluding hydrogens is 378 g/mol. The largest absolute Gasteiger partial charge is 0.466 e. The summed E-state index contributed by atoms with van der Waals surface area (Å²) in [4.78, 5) is 53.1. The molecule has 2 rings (SSSR count). The number of hydrogen-bond donors (Lipinski definition) is 1. The van der Waals surface area contributed by atoms with E-state index in [0.29, 0.717) is 10.9 Å². The first-order valence-corrected chi connectivity index (χ1v) is 9.53. The molecule has 29 heavy (non-hydrogen) atoms. The molecule has 0 bridgehead atoms. The van der Waals surface area contributed by atoms with E-state index in [9.17, 15) is 19.2 Å². The first kappa shape index (κ1) is 22.1. The second-order valence-electron chi connectivity index (χ2n) is 6.23. The topological polar surface area (TPSA) is 112 Å². The van der Waals surface area contributed by atoms with Crippen LogP contribution in [-0.2, 0) is 28.6 Å². The van der Waals surface area contributed by atoms with Gasteiger partial charge >= 0.3 is 17.9 Å². The Labute approximate surface area is 168 Å². The molecule has 2 atom stereocenters. The highest BCUT2D eigenvalue weighted by molar-refractivity contribution is 5.89. The van der Waals surface area contributed by atoms with E-state index >= 15 is 0 Å². The Hall–Kier alpha value is -3.16. The zero-order valence-corrected chi connectivity index (χ0v) is 16.7. The van der Waals surface area contributed by atoms with Crippen molar-refractivity contribution in [1.29, 1.82) is 0 Å². The van der Waals surface area contributed by atoms with Gasteiger partial charge in [-0.25, -0.2) is 0 Å². The lowest BCUT2D eigenvalue weighted by Gasteiger charge is -2.24. The third kappa shape index (κ3) is 5.43. The van der Waals surface area contributed by atoms with Crippen molar-refractivity contribution >= 4 is 28.8 Å². The van der Waals surface area contributed by atoms with Gasteiger partial charge in [0.25, 0.3) is 0 Å². The predicted molar refractivity (Wildman–Crippen MR) is 105 cm³/mol. The van der Waals surface area contributed by atoms with Gasteiger partial charge in [-0.1, -0.05) is 12.1 Å². The summed E-state index contributed by atoms with van der Waals surface area (Å²) in [5.74, 6) is -4.56. The van der Waals surface area contributed by atoms with Crippen LogP contribution in [0.4, 0.5) is 0 Å². The highest BCUT2D eigenvalue weighted by Gasteiger charge is 2.40. The number of para-hydroxylation sites is 1. The second kappa shape index (κ2) is 10.4. The maximum absolute atomic E-state index is 12.8. The number of hydrogen-bond acceptors (Lipinski definition) is 7. The van der Waals surface area contributed by atoms with Crippen LogP contribution in [0, 0.1) is 5.92 Å². The molecule has 0 amide bonds. The number of H-pyrrole nitrogens is 1. The van der Waals surface area contributed by atoms with Crippen LogP contribution in [0.3, 0.4) is 0 Å². The number of benzene rings is 1. The van der Waals surface area contributed by atoms with Gasteiger partial charge in [-0.2, -0.15) is 0 Å². The van der Waals surface area contributed by atoms with Gasteiger partial charge in [0.05, 0.1) is 32.2 Å². The predicted octanol–water partition coefficient (Wildman–Crippen LogP) is 2.31. The molecule has 8 nitrogen and oxygen atoms in total. The Morgan fingerprint density at radius 1 is 0.931 bits per heavy atom. The van der Waals surface area contributed by atoms with Gasteiger partial charge in [-0.15, -0.1) is 0 Å². The van der Waals surface area contributed by atoms with E-state index in [1.165, 1.54) is 6.07 Å². The Balaban J connectivity index is 2.59. The molecule has 0 radical (unpaired) electrons. The standard InChI is InChI=1S/C21H25NO7/c1-4-27-18(24)11-14(20(25)28-5-2)19(21(26)29-6-3)16-12-17(23)13-9-7-8-10-15(13)22-16/h7-10,12,14,19H,4-6,11H2,1-3H3,(H,22,23). The fourth-order valence-corrected chi connectivity index (χ4v) is 3.11. The van der Waals surface area contributed by atoms with Crippen molar-refractivity contribution in [2.75, 3.05) is 19.8 Å². The van der Waals surface area contributed by atoms with Crippen LogP contribution in [-0.4, -0.2) is 42.7 Å². The number of ether oxygens (including phenoxy) is 3. The van der Waals surface area contributed by atoms with Crippen LogP contribution >= 0.6 is 0 Å². The van der Waals surface area contributed by atoms with Gasteiger partial charge in [-0.05, 0) is 32.9 Å². The van der Waals surface area contributed by atoms with Crippen LogP contribution in [0.25, 0.3) is 10.9 Å². The molecule has 0 saturated heterocycles. The Morgan fingerprint density at radius 3 is 2.21 bits per heavy atom. The number of rotatable bonds is 9. The van der Waals surface area contributed by atoms with Crippen molar-refractivity contribution in [1.82, 2.24) is 4.98 Å². The molecule has 0 aliphatic rings. The van der Waals surface area contributed by atoms with E-state index in [-0.39, 0.29) is 37.4 Å². The highest BCUT2D eigenvalue weighted by Crippen LogP contribution is 2.30. The summed E-state index contributed by atoms with van der Waals surface area (Å²) >= 11 is 0. The van der Waals surface area contributed by atoms with Gasteiger partial charge in [0.15, 0.2) is 5.43 Å². The van der Waals surface area contributed by atoms with E-state index in [4.69, 9.17) is 14.2 Å². The summed E-state index contributed by atoms with van der Waals surface area (Å²) in [6, 6.07) is 8.05. The van der Waals surface area contributed by atoms with Gasteiger partial charge in [-0.3, -0.25) is 19.2 Å². The summed E-state index contributed by atoms with van der Waals surface area (Å²) in [7, 11) is 0. The van der Waals surface area contributed by atoms with Gasteiger partial charge < -0.3 is 19.2 Å². The molecule has 0 fully saturated rings. The van der Waals surface area contributed by atoms with Crippen molar-refractivity contribution in [3.8, 4) is 0 Å². The quantitative estimate of drug-likeness (QED) is 0.505. The Kier molecular flexibility index (Phi) is 7.94. The number of pyridine rings is 1. The van der Waals surface area contributed by atoms with Crippen molar-refractivity contribution in [2.45, 2.75) is 33.1 Å². The van der Waals surface area contributed by atoms with Crippen LogP contribution in [0.5, 0.6) is 0 Å². The van der Waals surface area contributed by atoms with Crippen LogP contribution < -0.4 is 5.43 Å². The lowest BCUT2D eigenvalue weighted by Crippen LogP contribution is -2.34. The molecule has 2 unspecified atom stereocenters. The number of aromatic nitrogens is 1. The number of fused-ring (bicyclic) bond motifs is 1. The van der Waals surface area contributed by atoms with Gasteiger partial charge in [0, 0.05) is 22.7 Å². The minimum absolute atomic E-state index is 0.0714. The number of carbonyl (C=O) groups is 3. The third-order valence-corrected chi connectivity index (χ3v) is 4.32. The summed E-state index contributed by atoms with van der Waals surface area (Å²) in [6.07, 6.45) is -0.384. The molecule has 1 heterocycles. The Bertz CT molecular complexity index is 934. The molecule has 0 aliphatic heterocycles. The van der Waals surface area contributed by atoms with Crippen molar-refractivity contribution in [3.63, 3.8) is 0 Å². The van der Waals surface area contributed by atoms with Crippen LogP contribution in [0.15, 0.2) is 35.1 Å². The second-order valence-corrected chi connectivity index (χ2v) is 6.23. The number of nitrogens with one attached hydrogen (secondary N) is 1. The minimum Gasteiger partial charge on any atom is -0.466 e. The fraction of sp³-hybridized carbons (Fsp3) is 0.429. The average Bonchev–Trinajstić information content (AvgIpc) is 2.68. The molecule has 0 saturated carbocycles. The molecule has 1 N–H and O–H groups in total. The third-order valence-electron chi connectivity index (χ3n) is 4.32. The first-order chi connectivity index (χ1) is 13.9. The van der Waals surface area contributed by atoms with Gasteiger partial charge in [0.2, 0.25) is 0 Å². The summed E-state index contributed by atoms with van der Waals surface area (Å²) in [5, 5.41) is 0.442. The smallest absolute Gasteiger partial charge is 0.315 e. The Morgan fingerprint density at radius 2 is 1.55 bits per heavy atom. The molecule has 8 heteroatoms. The van der Waals surface area contributed by atoms with Crippen LogP contribution in [0.2, 0.25) is 0 Å². The molecule has 0 aliphatic carbocycles. The molecule has 1 aromatic carbocycles. The fourth-order valence-electron chi connectivity index (χ4n) is 3.11. The maximum Gasteiger partial charge on any atom is 0.315 e. The number of esters is 3. The summed E-state index contributed by atoms with van der Waals surface area (Å²) in [5.41, 5.74) is 0.361. The molecule has 2 aromatic rings. The van der Waals surface area contributed by atoms with Crippen molar-refractivity contribution < 1.29 is 28.6 Å². The molecule has 0 spiro atoms. The maximum atomic E-state index is 12.8. The summed E-state index contributed by atoms with van der Waals surface area (Å²) < 4.78 is 15.2. The number of carbonyl (C=O) groups excluding carboxylic acids is 3. The van der Waals surface area contributed by atoms with Crippen molar-refractivity contribution in [2.24, 2.45) is 5.92 Å². The van der Waals surface area contributed by atoms with E-state index in [0.717, 1.165) is 0 Å². The van der Waals surface area contributed by atoms with Crippen molar-refractivity contribution in [3.05, 3.63) is 46.2 Å². The average molecular weight is 403 g/mol. The van der Waals surface area contributed by atoms with E-state index < -0.39 is 29.7 Å². The highest BCUT2D eigenvalue weighted by atomic mass is 16.5. The zero-order valence-electron chi connectivity index (χ0n) is 16.7. The SMILES string of the molecule is CCOC(=O)CC(C(=O)OCC)C(C(=O)OCC)c1cc(=O)c2ccccc2[nH]1. The molecule has 156 valence electrons. The molecule has 1 aromatic heterocycles. The monoisotopic (exact) mass is 403 g/mol. The van der Waals surface area contributed by atoms with Crippen LogP contribution in [0.1, 0.15) is 38.8 Å². The minimum atomic E-state index is -1.23. The zero-order chi connectivity index (χ0) is 21.4. The lowest BCUT2D eigenvalue weighted by molar-refractivity contribution is -0.160. The van der Waals surface area contributed by atoms with E-state index in [2.05, 4.69) is 4.98 Å². The number of aromatic amines is 1. The molecular formula is C21H25NO7.